The highest BCUT2D eigenvalue weighted by Crippen LogP contribution is 2.30. The Balaban J connectivity index is 1.11. The van der Waals surface area contributed by atoms with Crippen molar-refractivity contribution in [3.05, 3.63) is 28.7 Å². The molecule has 4 rings (SSSR count). The number of hydrogen-bond acceptors (Lipinski definition) is 11. The Morgan fingerprint density at radius 1 is 0.929 bits per heavy atom. The van der Waals surface area contributed by atoms with E-state index in [1.54, 1.807) is 22.6 Å². The molecular weight excluding hydrogens is 562 g/mol. The van der Waals surface area contributed by atoms with Gasteiger partial charge in [-0.05, 0) is 44.7 Å². The number of rotatable bonds is 19. The van der Waals surface area contributed by atoms with Crippen LogP contribution in [-0.2, 0) is 24.2 Å². The zero-order chi connectivity index (χ0) is 29.6. The molecular formula is C28H47N7O6S. The van der Waals surface area contributed by atoms with Crippen LogP contribution in [0.2, 0.25) is 0 Å². The lowest BCUT2D eigenvalue weighted by atomic mass is 10.1. The first-order valence-electron chi connectivity index (χ1n) is 15.2. The zero-order valence-electron chi connectivity index (χ0n) is 24.5. The Kier molecular flexibility index (Phi) is 13.4. The maximum atomic E-state index is 12.9. The first-order chi connectivity index (χ1) is 20.5. The number of anilines is 1. The summed E-state index contributed by atoms with van der Waals surface area (Å²) in [6.45, 7) is 5.85. The van der Waals surface area contributed by atoms with Gasteiger partial charge in [0, 0.05) is 55.9 Å². The van der Waals surface area contributed by atoms with E-state index in [4.69, 9.17) is 24.9 Å². The van der Waals surface area contributed by atoms with E-state index < -0.39 is 10.0 Å². The quantitative estimate of drug-likeness (QED) is 0.196. The molecule has 3 heterocycles. The zero-order valence-corrected chi connectivity index (χ0v) is 25.4. The number of sulfonamides is 1. The van der Waals surface area contributed by atoms with E-state index in [-0.39, 0.29) is 23.4 Å². The van der Waals surface area contributed by atoms with Crippen LogP contribution in [0.25, 0.3) is 11.0 Å². The van der Waals surface area contributed by atoms with Gasteiger partial charge >= 0.3 is 0 Å². The van der Waals surface area contributed by atoms with Crippen LogP contribution in [-0.4, -0.2) is 111 Å². The molecule has 14 heteroatoms. The first kappa shape index (κ1) is 32.7. The molecule has 1 aliphatic carbocycles. The molecule has 2 aliphatic rings. The van der Waals surface area contributed by atoms with Crippen LogP contribution in [0.5, 0.6) is 0 Å². The third kappa shape index (κ3) is 9.93. The van der Waals surface area contributed by atoms with Crippen molar-refractivity contribution in [2.24, 2.45) is 5.73 Å². The second-order valence-electron chi connectivity index (χ2n) is 10.8. The molecule has 4 N–H and O–H groups in total. The second-order valence-corrected chi connectivity index (χ2v) is 12.9. The lowest BCUT2D eigenvalue weighted by Crippen LogP contribution is -2.43. The number of hydrogen-bond donors (Lipinski definition) is 3. The summed E-state index contributed by atoms with van der Waals surface area (Å²) < 4.78 is 45.3. The van der Waals surface area contributed by atoms with Gasteiger partial charge in [-0.2, -0.15) is 4.98 Å². The fourth-order valence-electron chi connectivity index (χ4n) is 5.49. The van der Waals surface area contributed by atoms with E-state index in [0.717, 1.165) is 31.1 Å². The highest BCUT2D eigenvalue weighted by molar-refractivity contribution is 7.89. The van der Waals surface area contributed by atoms with Gasteiger partial charge in [0.05, 0.1) is 45.4 Å². The minimum atomic E-state index is -3.31. The highest BCUT2D eigenvalue weighted by atomic mass is 32.2. The largest absolute Gasteiger partial charge is 0.378 e. The lowest BCUT2D eigenvalue weighted by molar-refractivity contribution is 0.0166. The molecule has 1 saturated heterocycles. The number of pyridine rings is 1. The number of fused-ring (bicyclic) bond motifs is 1. The van der Waals surface area contributed by atoms with Crippen molar-refractivity contribution in [2.45, 2.75) is 57.0 Å². The van der Waals surface area contributed by atoms with Crippen molar-refractivity contribution in [2.75, 3.05) is 83.4 Å². The van der Waals surface area contributed by atoms with Crippen molar-refractivity contribution in [1.29, 1.82) is 0 Å². The van der Waals surface area contributed by atoms with E-state index in [1.807, 2.05) is 4.57 Å². The predicted molar refractivity (Wildman–Crippen MR) is 162 cm³/mol. The van der Waals surface area contributed by atoms with E-state index in [9.17, 15) is 13.2 Å². The van der Waals surface area contributed by atoms with Gasteiger partial charge in [0.1, 0.15) is 5.65 Å². The Morgan fingerprint density at radius 3 is 2.33 bits per heavy atom. The number of piperidine rings is 1. The van der Waals surface area contributed by atoms with E-state index in [1.165, 1.54) is 0 Å². The monoisotopic (exact) mass is 609 g/mol. The maximum absolute atomic E-state index is 12.9. The summed E-state index contributed by atoms with van der Waals surface area (Å²) in [5.74, 6) is 0.600. The Hall–Kier alpha value is -2.20. The van der Waals surface area contributed by atoms with Crippen molar-refractivity contribution in [1.82, 2.24) is 24.2 Å². The summed E-state index contributed by atoms with van der Waals surface area (Å²) in [5.41, 5.74) is 5.99. The van der Waals surface area contributed by atoms with Crippen molar-refractivity contribution in [3.8, 4) is 0 Å². The molecule has 0 spiro atoms. The van der Waals surface area contributed by atoms with Gasteiger partial charge < -0.3 is 30.6 Å². The Labute approximate surface area is 248 Å². The molecule has 0 amide bonds. The van der Waals surface area contributed by atoms with Crippen molar-refractivity contribution in [3.63, 3.8) is 0 Å². The van der Waals surface area contributed by atoms with Gasteiger partial charge in [0.2, 0.25) is 16.0 Å². The van der Waals surface area contributed by atoms with Crippen LogP contribution in [0.4, 0.5) is 5.95 Å². The first-order valence-corrected chi connectivity index (χ1v) is 16.9. The summed E-state index contributed by atoms with van der Waals surface area (Å²) in [6, 6.07) is 3.63. The van der Waals surface area contributed by atoms with Crippen LogP contribution in [0.3, 0.4) is 0 Å². The highest BCUT2D eigenvalue weighted by Gasteiger charge is 2.28. The smallest absolute Gasteiger partial charge is 0.252 e. The van der Waals surface area contributed by atoms with Crippen LogP contribution in [0.1, 0.15) is 51.0 Å². The molecule has 42 heavy (non-hydrogen) atoms. The maximum Gasteiger partial charge on any atom is 0.252 e. The summed E-state index contributed by atoms with van der Waals surface area (Å²) in [5, 5.41) is 7.46. The molecule has 0 bridgehead atoms. The number of nitrogens with one attached hydrogen (secondary N) is 2. The average Bonchev–Trinajstić information content (AvgIpc) is 3.52. The minimum absolute atomic E-state index is 0.0247. The molecule has 236 valence electrons. The summed E-state index contributed by atoms with van der Waals surface area (Å²) in [6.07, 6.45) is 7.88. The third-order valence-electron chi connectivity index (χ3n) is 7.72. The number of aromatic nitrogens is 3. The normalized spacial score (nSPS) is 17.4. The van der Waals surface area contributed by atoms with E-state index in [0.29, 0.717) is 103 Å². The van der Waals surface area contributed by atoms with Gasteiger partial charge in [-0.3, -0.25) is 9.36 Å². The second kappa shape index (κ2) is 17.2. The van der Waals surface area contributed by atoms with E-state index in [2.05, 4.69) is 15.6 Å². The Bertz CT molecular complexity index is 1250. The summed E-state index contributed by atoms with van der Waals surface area (Å²) >= 11 is 0. The standard InChI is InChI=1S/C28H47N7O6S/c29-10-15-39-17-19-41-20-18-40-16-12-30-11-3-21-42(37,38)34-13-8-24(9-14-34)32-28-31-22-23-6-7-26(36)35(27(23)33-28)25-4-1-2-5-25/h6-7,22,24-25,30H,1-5,8-21,29H2,(H,31,32,33). The Morgan fingerprint density at radius 2 is 1.62 bits per heavy atom. The molecule has 1 aliphatic heterocycles. The van der Waals surface area contributed by atoms with Crippen LogP contribution >= 0.6 is 0 Å². The number of nitrogens with two attached hydrogens (primary N) is 1. The van der Waals surface area contributed by atoms with Gasteiger partial charge in [-0.15, -0.1) is 0 Å². The lowest BCUT2D eigenvalue weighted by Gasteiger charge is -2.31. The number of nitrogens with zero attached hydrogens (tertiary/aromatic N) is 4. The number of ether oxygens (including phenoxy) is 3. The fourth-order valence-corrected chi connectivity index (χ4v) is 7.02. The summed E-state index contributed by atoms with van der Waals surface area (Å²) in [4.78, 5) is 21.9. The van der Waals surface area contributed by atoms with Crippen LogP contribution < -0.4 is 21.9 Å². The van der Waals surface area contributed by atoms with Gasteiger partial charge in [0.15, 0.2) is 0 Å². The van der Waals surface area contributed by atoms with Crippen LogP contribution in [0.15, 0.2) is 23.1 Å². The average molecular weight is 610 g/mol. The topological polar surface area (TPSA) is 163 Å². The van der Waals surface area contributed by atoms with Crippen molar-refractivity contribution < 1.29 is 22.6 Å². The fraction of sp³-hybridized carbons (Fsp3) is 0.750. The third-order valence-corrected chi connectivity index (χ3v) is 9.68. The molecule has 2 aromatic heterocycles. The molecule has 1 saturated carbocycles. The van der Waals surface area contributed by atoms with Crippen molar-refractivity contribution >= 4 is 27.0 Å². The van der Waals surface area contributed by atoms with E-state index >= 15 is 0 Å². The van der Waals surface area contributed by atoms with Gasteiger partial charge in [-0.1, -0.05) is 12.8 Å². The van der Waals surface area contributed by atoms with Gasteiger partial charge in [0.25, 0.3) is 5.56 Å². The molecule has 2 aromatic rings. The minimum Gasteiger partial charge on any atom is -0.378 e. The molecule has 0 unspecified atom stereocenters. The molecule has 2 fully saturated rings. The summed E-state index contributed by atoms with van der Waals surface area (Å²) in [7, 11) is -3.31. The SMILES string of the molecule is NCCOCCOCCOCCNCCCS(=O)(=O)N1CCC(Nc2ncc3ccc(=O)n(C4CCCC4)c3n2)CC1. The predicted octanol–water partition coefficient (Wildman–Crippen LogP) is 1.10. The molecule has 0 atom stereocenters. The van der Waals surface area contributed by atoms with Crippen LogP contribution in [0, 0.1) is 0 Å². The van der Waals surface area contributed by atoms with Gasteiger partial charge in [-0.25, -0.2) is 17.7 Å². The molecule has 0 radical (unpaired) electrons. The molecule has 0 aromatic carbocycles. The molecule has 13 nitrogen and oxygen atoms in total.